The molecule has 2 fully saturated rings. The molecule has 1 aromatic rings. The Hall–Kier alpha value is -1.86. The number of amides is 2. The van der Waals surface area contributed by atoms with Crippen LogP contribution in [-0.4, -0.2) is 63.4 Å². The molecule has 2 amide bonds. The average molecular weight is 336 g/mol. The smallest absolute Gasteiger partial charge is 0.319 e. The van der Waals surface area contributed by atoms with Gasteiger partial charge in [-0.25, -0.2) is 9.18 Å². The molecule has 0 aromatic heterocycles. The van der Waals surface area contributed by atoms with Crippen LogP contribution >= 0.6 is 0 Å². The molecule has 2 aliphatic rings. The van der Waals surface area contributed by atoms with Gasteiger partial charge < -0.3 is 20.3 Å². The Kier molecular flexibility index (Phi) is 5.87. The summed E-state index contributed by atoms with van der Waals surface area (Å²) in [7, 11) is 0. The summed E-state index contributed by atoms with van der Waals surface area (Å²) in [4.78, 5) is 16.2. The summed E-state index contributed by atoms with van der Waals surface area (Å²) >= 11 is 0. The number of carbonyl (C=O) groups is 1. The van der Waals surface area contributed by atoms with Gasteiger partial charge in [0.15, 0.2) is 0 Å². The Morgan fingerprint density at radius 3 is 2.62 bits per heavy atom. The molecule has 2 N–H and O–H groups in total. The topological polar surface area (TPSA) is 56.8 Å². The van der Waals surface area contributed by atoms with Crippen molar-refractivity contribution in [2.24, 2.45) is 0 Å². The molecule has 2 heterocycles. The monoisotopic (exact) mass is 336 g/mol. The van der Waals surface area contributed by atoms with Gasteiger partial charge in [0.05, 0.1) is 18.9 Å². The van der Waals surface area contributed by atoms with E-state index in [4.69, 9.17) is 4.74 Å². The molecule has 132 valence electrons. The van der Waals surface area contributed by atoms with Crippen molar-refractivity contribution in [3.63, 3.8) is 0 Å². The van der Waals surface area contributed by atoms with E-state index in [1.807, 2.05) is 4.90 Å². The van der Waals surface area contributed by atoms with E-state index in [0.717, 1.165) is 58.8 Å². The molecule has 3 rings (SSSR count). The fourth-order valence-corrected chi connectivity index (χ4v) is 3.13. The predicted octanol–water partition coefficient (Wildman–Crippen LogP) is 1.88. The van der Waals surface area contributed by atoms with E-state index in [1.165, 1.54) is 6.07 Å². The van der Waals surface area contributed by atoms with Gasteiger partial charge in [0.1, 0.15) is 5.82 Å². The van der Waals surface area contributed by atoms with Crippen molar-refractivity contribution in [2.45, 2.75) is 12.8 Å². The molecular formula is C17H25FN4O2. The largest absolute Gasteiger partial charge is 0.379 e. The van der Waals surface area contributed by atoms with Crippen LogP contribution in [0.15, 0.2) is 18.2 Å². The number of benzene rings is 1. The Morgan fingerprint density at radius 2 is 1.92 bits per heavy atom. The molecule has 7 heteroatoms. The number of hydrogen-bond acceptors (Lipinski definition) is 4. The van der Waals surface area contributed by atoms with Gasteiger partial charge in [-0.3, -0.25) is 4.90 Å². The van der Waals surface area contributed by atoms with Crippen LogP contribution in [0.1, 0.15) is 12.8 Å². The molecular weight excluding hydrogens is 311 g/mol. The first-order chi connectivity index (χ1) is 11.7. The number of urea groups is 1. The van der Waals surface area contributed by atoms with Gasteiger partial charge in [-0.15, -0.1) is 0 Å². The van der Waals surface area contributed by atoms with Crippen LogP contribution in [0.5, 0.6) is 0 Å². The number of morpholine rings is 1. The number of hydrogen-bond donors (Lipinski definition) is 2. The summed E-state index contributed by atoms with van der Waals surface area (Å²) in [6.07, 6.45) is 2.20. The predicted molar refractivity (Wildman–Crippen MR) is 92.1 cm³/mol. The minimum atomic E-state index is -0.309. The minimum absolute atomic E-state index is 0.289. The second-order valence-corrected chi connectivity index (χ2v) is 6.20. The van der Waals surface area contributed by atoms with Crippen LogP contribution in [0.3, 0.4) is 0 Å². The first kappa shape index (κ1) is 17.0. The standard InChI is InChI=1S/C17H25FN4O2/c18-15-13-14(3-4-16(15)22-6-1-2-7-22)20-17(23)19-5-8-21-9-11-24-12-10-21/h3-4,13H,1-2,5-12H2,(H2,19,20,23). The van der Waals surface area contributed by atoms with Crippen LogP contribution in [0.4, 0.5) is 20.6 Å². The third-order valence-corrected chi connectivity index (χ3v) is 4.47. The molecule has 0 spiro atoms. The van der Waals surface area contributed by atoms with Crippen molar-refractivity contribution < 1.29 is 13.9 Å². The van der Waals surface area contributed by atoms with Crippen molar-refractivity contribution in [2.75, 3.05) is 62.7 Å². The van der Waals surface area contributed by atoms with E-state index in [2.05, 4.69) is 15.5 Å². The maximum absolute atomic E-state index is 14.2. The highest BCUT2D eigenvalue weighted by Gasteiger charge is 2.16. The van der Waals surface area contributed by atoms with Crippen molar-refractivity contribution in [3.05, 3.63) is 24.0 Å². The van der Waals surface area contributed by atoms with E-state index < -0.39 is 0 Å². The quantitative estimate of drug-likeness (QED) is 0.862. The van der Waals surface area contributed by atoms with Gasteiger partial charge in [0.25, 0.3) is 0 Å². The van der Waals surface area contributed by atoms with Crippen LogP contribution < -0.4 is 15.5 Å². The van der Waals surface area contributed by atoms with Gasteiger partial charge in [-0.2, -0.15) is 0 Å². The van der Waals surface area contributed by atoms with Crippen molar-refractivity contribution in [1.82, 2.24) is 10.2 Å². The Bertz CT molecular complexity index is 558. The van der Waals surface area contributed by atoms with Crippen LogP contribution in [0.25, 0.3) is 0 Å². The number of carbonyl (C=O) groups excluding carboxylic acids is 1. The maximum Gasteiger partial charge on any atom is 0.319 e. The minimum Gasteiger partial charge on any atom is -0.379 e. The van der Waals surface area contributed by atoms with Crippen molar-refractivity contribution in [3.8, 4) is 0 Å². The fraction of sp³-hybridized carbons (Fsp3) is 0.588. The highest BCUT2D eigenvalue weighted by atomic mass is 19.1. The second-order valence-electron chi connectivity index (χ2n) is 6.20. The lowest BCUT2D eigenvalue weighted by atomic mass is 10.2. The lowest BCUT2D eigenvalue weighted by molar-refractivity contribution is 0.0388. The Balaban J connectivity index is 1.44. The van der Waals surface area contributed by atoms with Crippen LogP contribution in [-0.2, 0) is 4.74 Å². The number of nitrogens with zero attached hydrogens (tertiary/aromatic N) is 2. The molecule has 0 aliphatic carbocycles. The fourth-order valence-electron chi connectivity index (χ4n) is 3.13. The van der Waals surface area contributed by atoms with Crippen molar-refractivity contribution >= 4 is 17.4 Å². The number of anilines is 2. The summed E-state index contributed by atoms with van der Waals surface area (Å²) in [5.74, 6) is -0.289. The molecule has 0 atom stereocenters. The average Bonchev–Trinajstić information content (AvgIpc) is 3.10. The lowest BCUT2D eigenvalue weighted by Crippen LogP contribution is -2.42. The highest BCUT2D eigenvalue weighted by molar-refractivity contribution is 5.89. The van der Waals surface area contributed by atoms with Gasteiger partial charge in [0, 0.05) is 45.0 Å². The Morgan fingerprint density at radius 1 is 1.17 bits per heavy atom. The second kappa shape index (κ2) is 8.30. The first-order valence-electron chi connectivity index (χ1n) is 8.62. The Labute approximate surface area is 141 Å². The zero-order valence-corrected chi connectivity index (χ0v) is 13.9. The van der Waals surface area contributed by atoms with Gasteiger partial charge >= 0.3 is 6.03 Å². The lowest BCUT2D eigenvalue weighted by Gasteiger charge is -2.26. The summed E-state index contributed by atoms with van der Waals surface area (Å²) in [5.41, 5.74) is 1.09. The van der Waals surface area contributed by atoms with Crippen molar-refractivity contribution in [1.29, 1.82) is 0 Å². The zero-order valence-electron chi connectivity index (χ0n) is 13.9. The number of rotatable bonds is 5. The molecule has 0 radical (unpaired) electrons. The van der Waals surface area contributed by atoms with E-state index in [0.29, 0.717) is 17.9 Å². The molecule has 2 aliphatic heterocycles. The SMILES string of the molecule is O=C(NCCN1CCOCC1)Nc1ccc(N2CCCC2)c(F)c1. The first-order valence-corrected chi connectivity index (χ1v) is 8.62. The highest BCUT2D eigenvalue weighted by Crippen LogP contribution is 2.25. The number of ether oxygens (including phenoxy) is 1. The maximum atomic E-state index is 14.2. The number of nitrogens with one attached hydrogen (secondary N) is 2. The van der Waals surface area contributed by atoms with E-state index in [9.17, 15) is 9.18 Å². The van der Waals surface area contributed by atoms with Gasteiger partial charge in [0.2, 0.25) is 0 Å². The normalized spacial score (nSPS) is 18.6. The van der Waals surface area contributed by atoms with E-state index in [1.54, 1.807) is 12.1 Å². The number of halogens is 1. The van der Waals surface area contributed by atoms with Gasteiger partial charge in [-0.05, 0) is 31.0 Å². The summed E-state index contributed by atoms with van der Waals surface area (Å²) in [6, 6.07) is 4.56. The summed E-state index contributed by atoms with van der Waals surface area (Å²) in [5, 5.41) is 5.49. The van der Waals surface area contributed by atoms with E-state index >= 15 is 0 Å². The van der Waals surface area contributed by atoms with Crippen LogP contribution in [0.2, 0.25) is 0 Å². The third kappa shape index (κ3) is 4.58. The molecule has 24 heavy (non-hydrogen) atoms. The van der Waals surface area contributed by atoms with E-state index in [-0.39, 0.29) is 11.8 Å². The molecule has 0 bridgehead atoms. The third-order valence-electron chi connectivity index (χ3n) is 4.47. The molecule has 0 unspecified atom stereocenters. The van der Waals surface area contributed by atoms with Gasteiger partial charge in [-0.1, -0.05) is 0 Å². The summed E-state index contributed by atoms with van der Waals surface area (Å²) in [6.45, 7) is 6.42. The molecule has 1 aromatic carbocycles. The molecule has 2 saturated heterocycles. The zero-order chi connectivity index (χ0) is 16.8. The summed E-state index contributed by atoms with van der Waals surface area (Å²) < 4.78 is 19.5. The molecule has 0 saturated carbocycles. The molecule has 6 nitrogen and oxygen atoms in total. The van der Waals surface area contributed by atoms with Crippen LogP contribution in [0, 0.1) is 5.82 Å².